The quantitative estimate of drug-likeness (QED) is 0.474. The molecular formula is C17H29NS. The van der Waals surface area contributed by atoms with Gasteiger partial charge in [-0.15, -0.1) is 11.8 Å². The first kappa shape index (κ1) is 16.6. The van der Waals surface area contributed by atoms with Crippen molar-refractivity contribution >= 4 is 11.8 Å². The molecule has 0 saturated carbocycles. The zero-order valence-electron chi connectivity index (χ0n) is 12.7. The van der Waals surface area contributed by atoms with Crippen molar-refractivity contribution in [1.82, 2.24) is 5.32 Å². The highest BCUT2D eigenvalue weighted by atomic mass is 32.2. The summed E-state index contributed by atoms with van der Waals surface area (Å²) >= 11 is 1.95. The van der Waals surface area contributed by atoms with E-state index >= 15 is 0 Å². The van der Waals surface area contributed by atoms with Crippen LogP contribution in [-0.4, -0.2) is 18.8 Å². The van der Waals surface area contributed by atoms with Crippen molar-refractivity contribution in [3.05, 3.63) is 29.8 Å². The van der Waals surface area contributed by atoms with Gasteiger partial charge in [-0.05, 0) is 36.6 Å². The Kier molecular flexibility index (Phi) is 9.02. The molecule has 0 saturated heterocycles. The van der Waals surface area contributed by atoms with Gasteiger partial charge in [-0.2, -0.15) is 0 Å². The third kappa shape index (κ3) is 7.64. The lowest BCUT2D eigenvalue weighted by molar-refractivity contribution is 0.613. The van der Waals surface area contributed by atoms with Crippen molar-refractivity contribution < 1.29 is 0 Å². The summed E-state index contributed by atoms with van der Waals surface area (Å²) < 4.78 is 0. The van der Waals surface area contributed by atoms with E-state index in [0.717, 1.165) is 12.3 Å². The fourth-order valence-electron chi connectivity index (χ4n) is 1.99. The molecule has 1 rings (SSSR count). The van der Waals surface area contributed by atoms with Gasteiger partial charge >= 0.3 is 0 Å². The molecule has 0 fully saturated rings. The second-order valence-corrected chi connectivity index (χ2v) is 6.55. The maximum absolute atomic E-state index is 3.52. The van der Waals surface area contributed by atoms with Gasteiger partial charge in [0.05, 0.1) is 0 Å². The molecule has 0 spiro atoms. The maximum Gasteiger partial charge on any atom is 0.0106 e. The minimum Gasteiger partial charge on any atom is -0.316 e. The van der Waals surface area contributed by atoms with Crippen LogP contribution in [0.5, 0.6) is 0 Å². The predicted octanol–water partition coefficient (Wildman–Crippen LogP) is 5.07. The zero-order chi connectivity index (χ0) is 13.9. The molecule has 1 N–H and O–H groups in total. The van der Waals surface area contributed by atoms with Crippen LogP contribution in [-0.2, 0) is 0 Å². The average Bonchev–Trinajstić information content (AvgIpc) is 2.42. The molecule has 1 nitrogen and oxygen atoms in total. The summed E-state index contributed by atoms with van der Waals surface area (Å²) in [6, 6.07) is 9.01. The number of hydrogen-bond acceptors (Lipinski definition) is 2. The van der Waals surface area contributed by atoms with Gasteiger partial charge in [0.2, 0.25) is 0 Å². The zero-order valence-corrected chi connectivity index (χ0v) is 13.6. The SMILES string of the molecule is CCCCCCNCCSc1ccc(C(C)C)cc1. The fraction of sp³-hybridized carbons (Fsp3) is 0.647. The Morgan fingerprint density at radius 3 is 2.37 bits per heavy atom. The van der Waals surface area contributed by atoms with E-state index < -0.39 is 0 Å². The largest absolute Gasteiger partial charge is 0.316 e. The molecule has 0 aliphatic heterocycles. The molecule has 2 heteroatoms. The Balaban J connectivity index is 2.06. The van der Waals surface area contributed by atoms with Crippen molar-refractivity contribution in [3.8, 4) is 0 Å². The Hall–Kier alpha value is -0.470. The third-order valence-corrected chi connectivity index (χ3v) is 4.32. The molecule has 0 unspecified atom stereocenters. The molecule has 0 atom stereocenters. The molecule has 0 bridgehead atoms. The fourth-order valence-corrected chi connectivity index (χ4v) is 2.80. The number of nitrogens with one attached hydrogen (secondary N) is 1. The van der Waals surface area contributed by atoms with E-state index in [9.17, 15) is 0 Å². The minimum atomic E-state index is 0.629. The summed E-state index contributed by atoms with van der Waals surface area (Å²) in [4.78, 5) is 1.39. The second kappa shape index (κ2) is 10.3. The molecule has 19 heavy (non-hydrogen) atoms. The van der Waals surface area contributed by atoms with Crippen molar-refractivity contribution in [2.45, 2.75) is 57.3 Å². The first-order chi connectivity index (χ1) is 9.24. The first-order valence-corrected chi connectivity index (χ1v) is 8.66. The molecule has 1 aromatic rings. The van der Waals surface area contributed by atoms with Gasteiger partial charge in [0.1, 0.15) is 0 Å². The molecular weight excluding hydrogens is 250 g/mol. The highest BCUT2D eigenvalue weighted by Gasteiger charge is 1.99. The van der Waals surface area contributed by atoms with Crippen LogP contribution in [0.2, 0.25) is 0 Å². The highest BCUT2D eigenvalue weighted by Crippen LogP contribution is 2.21. The maximum atomic E-state index is 3.52. The smallest absolute Gasteiger partial charge is 0.0106 e. The third-order valence-electron chi connectivity index (χ3n) is 3.30. The average molecular weight is 279 g/mol. The molecule has 0 aromatic heterocycles. The van der Waals surface area contributed by atoms with Gasteiger partial charge in [-0.3, -0.25) is 0 Å². The van der Waals surface area contributed by atoms with Gasteiger partial charge < -0.3 is 5.32 Å². The van der Waals surface area contributed by atoms with Crippen LogP contribution in [0.1, 0.15) is 57.9 Å². The van der Waals surface area contributed by atoms with Crippen molar-refractivity contribution in [2.75, 3.05) is 18.8 Å². The summed E-state index contributed by atoms with van der Waals surface area (Å²) in [6.45, 7) is 9.03. The van der Waals surface area contributed by atoms with E-state index in [-0.39, 0.29) is 0 Å². The summed E-state index contributed by atoms with van der Waals surface area (Å²) in [5, 5.41) is 3.52. The van der Waals surface area contributed by atoms with Crippen LogP contribution >= 0.6 is 11.8 Å². The number of benzene rings is 1. The van der Waals surface area contributed by atoms with Crippen LogP contribution in [0.15, 0.2) is 29.2 Å². The molecule has 0 amide bonds. The van der Waals surface area contributed by atoms with E-state index in [0.29, 0.717) is 5.92 Å². The lowest BCUT2D eigenvalue weighted by atomic mass is 10.0. The Morgan fingerprint density at radius 1 is 1.00 bits per heavy atom. The van der Waals surface area contributed by atoms with Crippen molar-refractivity contribution in [2.24, 2.45) is 0 Å². The molecule has 1 aromatic carbocycles. The lowest BCUT2D eigenvalue weighted by Crippen LogP contribution is -2.18. The van der Waals surface area contributed by atoms with Crippen molar-refractivity contribution in [3.63, 3.8) is 0 Å². The van der Waals surface area contributed by atoms with Crippen LogP contribution in [0, 0.1) is 0 Å². The normalized spacial score (nSPS) is 11.2. The number of thioether (sulfide) groups is 1. The number of rotatable bonds is 10. The molecule has 0 heterocycles. The molecule has 0 aliphatic carbocycles. The monoisotopic (exact) mass is 279 g/mol. The summed E-state index contributed by atoms with van der Waals surface area (Å²) in [5.74, 6) is 1.79. The van der Waals surface area contributed by atoms with Gasteiger partial charge in [0.25, 0.3) is 0 Å². The lowest BCUT2D eigenvalue weighted by Gasteiger charge is -2.07. The van der Waals surface area contributed by atoms with Gasteiger partial charge in [0.15, 0.2) is 0 Å². The van der Waals surface area contributed by atoms with Crippen LogP contribution in [0.4, 0.5) is 0 Å². The van der Waals surface area contributed by atoms with Gasteiger partial charge in [0, 0.05) is 17.2 Å². The summed E-state index contributed by atoms with van der Waals surface area (Å²) in [7, 11) is 0. The first-order valence-electron chi connectivity index (χ1n) is 7.67. The summed E-state index contributed by atoms with van der Waals surface area (Å²) in [5.41, 5.74) is 1.43. The number of unbranched alkanes of at least 4 members (excludes halogenated alkanes) is 3. The second-order valence-electron chi connectivity index (χ2n) is 5.38. The van der Waals surface area contributed by atoms with E-state index in [1.807, 2.05) is 11.8 Å². The topological polar surface area (TPSA) is 12.0 Å². The van der Waals surface area contributed by atoms with Gasteiger partial charge in [-0.1, -0.05) is 52.2 Å². The van der Waals surface area contributed by atoms with Crippen molar-refractivity contribution in [1.29, 1.82) is 0 Å². The Bertz CT molecular complexity index is 319. The van der Waals surface area contributed by atoms with Crippen LogP contribution < -0.4 is 5.32 Å². The van der Waals surface area contributed by atoms with Crippen LogP contribution in [0.3, 0.4) is 0 Å². The minimum absolute atomic E-state index is 0.629. The summed E-state index contributed by atoms with van der Waals surface area (Å²) in [6.07, 6.45) is 5.38. The predicted molar refractivity (Wildman–Crippen MR) is 88.3 cm³/mol. The van der Waals surface area contributed by atoms with E-state index in [1.165, 1.54) is 42.7 Å². The van der Waals surface area contributed by atoms with E-state index in [1.54, 1.807) is 0 Å². The Labute approximate surface area is 123 Å². The van der Waals surface area contributed by atoms with E-state index in [2.05, 4.69) is 50.4 Å². The standard InChI is InChI=1S/C17H29NS/c1-4-5-6-7-12-18-13-14-19-17-10-8-16(9-11-17)15(2)3/h8-11,15,18H,4-7,12-14H2,1-3H3. The molecule has 0 aliphatic rings. The highest BCUT2D eigenvalue weighted by molar-refractivity contribution is 7.99. The van der Waals surface area contributed by atoms with E-state index in [4.69, 9.17) is 0 Å². The number of hydrogen-bond donors (Lipinski definition) is 1. The molecule has 0 radical (unpaired) electrons. The Morgan fingerprint density at radius 2 is 1.74 bits per heavy atom. The van der Waals surface area contributed by atoms with Crippen LogP contribution in [0.25, 0.3) is 0 Å². The molecule has 108 valence electrons. The van der Waals surface area contributed by atoms with Gasteiger partial charge in [-0.25, -0.2) is 0 Å².